The summed E-state index contributed by atoms with van der Waals surface area (Å²) in [5.74, 6) is -0.385. The maximum Gasteiger partial charge on any atom is 0.302 e. The number of ether oxygens (including phenoxy) is 1. The van der Waals surface area contributed by atoms with Crippen LogP contribution < -0.4 is 10.2 Å². The molecule has 1 aromatic rings. The lowest BCUT2D eigenvalue weighted by molar-refractivity contribution is -0.140. The Bertz CT molecular complexity index is 476. The summed E-state index contributed by atoms with van der Waals surface area (Å²) in [6, 6.07) is 7.35. The van der Waals surface area contributed by atoms with Gasteiger partial charge in [-0.25, -0.2) is 0 Å². The number of hydrogen-bond acceptors (Lipinski definition) is 5. The van der Waals surface area contributed by atoms with Gasteiger partial charge in [-0.15, -0.1) is 0 Å². The number of carbonyl (C=O) groups excluding carboxylic acids is 2. The van der Waals surface area contributed by atoms with Crippen LogP contribution in [0.4, 0.5) is 11.4 Å². The smallest absolute Gasteiger partial charge is 0.302 e. The zero-order valence-corrected chi connectivity index (χ0v) is 12.5. The maximum absolute atomic E-state index is 11.4. The van der Waals surface area contributed by atoms with Crippen molar-refractivity contribution < 1.29 is 19.4 Å². The lowest BCUT2D eigenvalue weighted by Crippen LogP contribution is -2.30. The number of carbonyl (C=O) groups is 2. The van der Waals surface area contributed by atoms with Crippen LogP contribution in [-0.4, -0.2) is 43.3 Å². The zero-order valence-electron chi connectivity index (χ0n) is 12.5. The van der Waals surface area contributed by atoms with Crippen LogP contribution in [0, 0.1) is 0 Å². The maximum atomic E-state index is 11.4. The van der Waals surface area contributed by atoms with Gasteiger partial charge in [0.25, 0.3) is 0 Å². The molecule has 0 spiro atoms. The van der Waals surface area contributed by atoms with E-state index in [1.807, 2.05) is 23.1 Å². The van der Waals surface area contributed by atoms with Crippen molar-refractivity contribution in [2.75, 3.05) is 36.5 Å². The Balaban J connectivity index is 2.74. The van der Waals surface area contributed by atoms with Crippen LogP contribution in [0.25, 0.3) is 0 Å². The summed E-state index contributed by atoms with van der Waals surface area (Å²) in [7, 11) is 0. The number of rotatable bonds is 8. The summed E-state index contributed by atoms with van der Waals surface area (Å²) in [5.41, 5.74) is 1.56. The second kappa shape index (κ2) is 8.97. The number of anilines is 2. The molecule has 0 aliphatic rings. The summed E-state index contributed by atoms with van der Waals surface area (Å²) in [4.78, 5) is 24.1. The molecule has 0 radical (unpaired) electrons. The molecule has 0 aliphatic carbocycles. The van der Waals surface area contributed by atoms with Gasteiger partial charge in [-0.05, 0) is 18.2 Å². The van der Waals surface area contributed by atoms with Crippen molar-refractivity contribution in [3.05, 3.63) is 24.3 Å². The fraction of sp³-hybridized carbons (Fsp3) is 0.467. The van der Waals surface area contributed by atoms with Crippen LogP contribution in [0.2, 0.25) is 0 Å². The monoisotopic (exact) mass is 294 g/mol. The quantitative estimate of drug-likeness (QED) is 0.708. The summed E-state index contributed by atoms with van der Waals surface area (Å²) >= 11 is 0. The predicted molar refractivity (Wildman–Crippen MR) is 81.3 cm³/mol. The van der Waals surface area contributed by atoms with Gasteiger partial charge >= 0.3 is 5.97 Å². The number of esters is 1. The second-order valence-electron chi connectivity index (χ2n) is 4.50. The number of benzene rings is 1. The Morgan fingerprint density at radius 2 is 2.10 bits per heavy atom. The van der Waals surface area contributed by atoms with E-state index < -0.39 is 0 Å². The van der Waals surface area contributed by atoms with Gasteiger partial charge in [-0.1, -0.05) is 13.0 Å². The van der Waals surface area contributed by atoms with Crippen molar-refractivity contribution in [1.82, 2.24) is 0 Å². The average molecular weight is 294 g/mol. The van der Waals surface area contributed by atoms with Gasteiger partial charge in [0.2, 0.25) is 5.91 Å². The molecule has 0 fully saturated rings. The zero-order chi connectivity index (χ0) is 15.7. The highest BCUT2D eigenvalue weighted by Gasteiger charge is 2.08. The Morgan fingerprint density at radius 3 is 2.71 bits per heavy atom. The van der Waals surface area contributed by atoms with E-state index in [0.29, 0.717) is 25.2 Å². The molecule has 0 saturated heterocycles. The number of amides is 1. The minimum absolute atomic E-state index is 0.00832. The van der Waals surface area contributed by atoms with Crippen LogP contribution in [0.1, 0.15) is 20.3 Å². The molecule has 0 unspecified atom stereocenters. The van der Waals surface area contributed by atoms with Crippen LogP contribution in [0.15, 0.2) is 24.3 Å². The minimum Gasteiger partial charge on any atom is -0.464 e. The average Bonchev–Trinajstić information content (AvgIpc) is 2.46. The van der Waals surface area contributed by atoms with E-state index in [1.54, 1.807) is 13.0 Å². The van der Waals surface area contributed by atoms with Crippen molar-refractivity contribution in [2.24, 2.45) is 0 Å². The number of aliphatic hydroxyl groups is 1. The molecule has 0 saturated carbocycles. The Morgan fingerprint density at radius 1 is 1.33 bits per heavy atom. The first kappa shape index (κ1) is 17.0. The Hall–Kier alpha value is -2.08. The normalized spacial score (nSPS) is 10.0. The third-order valence-electron chi connectivity index (χ3n) is 2.85. The van der Waals surface area contributed by atoms with E-state index in [4.69, 9.17) is 9.84 Å². The highest BCUT2D eigenvalue weighted by atomic mass is 16.5. The molecule has 6 heteroatoms. The lowest BCUT2D eigenvalue weighted by atomic mass is 10.2. The molecule has 1 rings (SSSR count). The minimum atomic E-state index is -0.331. The van der Waals surface area contributed by atoms with Crippen molar-refractivity contribution in [3.8, 4) is 0 Å². The molecule has 2 N–H and O–H groups in total. The van der Waals surface area contributed by atoms with Crippen LogP contribution >= 0.6 is 0 Å². The van der Waals surface area contributed by atoms with Crippen molar-refractivity contribution in [2.45, 2.75) is 20.3 Å². The molecule has 21 heavy (non-hydrogen) atoms. The van der Waals surface area contributed by atoms with Crippen LogP contribution in [0.5, 0.6) is 0 Å². The third kappa shape index (κ3) is 6.27. The van der Waals surface area contributed by atoms with Crippen LogP contribution in [-0.2, 0) is 14.3 Å². The third-order valence-corrected chi connectivity index (χ3v) is 2.85. The molecule has 0 atom stereocenters. The van der Waals surface area contributed by atoms with Crippen molar-refractivity contribution in [1.29, 1.82) is 0 Å². The lowest BCUT2D eigenvalue weighted by Gasteiger charge is -2.24. The van der Waals surface area contributed by atoms with E-state index in [2.05, 4.69) is 5.32 Å². The summed E-state index contributed by atoms with van der Waals surface area (Å²) in [5, 5.41) is 11.9. The number of nitrogens with zero attached hydrogens (tertiary/aromatic N) is 1. The largest absolute Gasteiger partial charge is 0.464 e. The van der Waals surface area contributed by atoms with Gasteiger partial charge < -0.3 is 20.1 Å². The first-order valence-electron chi connectivity index (χ1n) is 6.96. The summed E-state index contributed by atoms with van der Waals surface area (Å²) in [6.07, 6.45) is 0.414. The molecular weight excluding hydrogens is 272 g/mol. The predicted octanol–water partition coefficient (Wildman–Crippen LogP) is 1.40. The molecule has 1 aromatic carbocycles. The summed E-state index contributed by atoms with van der Waals surface area (Å²) < 4.78 is 4.92. The van der Waals surface area contributed by atoms with E-state index >= 15 is 0 Å². The topological polar surface area (TPSA) is 78.9 Å². The fourth-order valence-corrected chi connectivity index (χ4v) is 1.82. The molecular formula is C15H22N2O4. The van der Waals surface area contributed by atoms with Crippen LogP contribution in [0.3, 0.4) is 0 Å². The fourth-order valence-electron chi connectivity index (χ4n) is 1.82. The van der Waals surface area contributed by atoms with E-state index in [9.17, 15) is 9.59 Å². The first-order valence-corrected chi connectivity index (χ1v) is 6.96. The summed E-state index contributed by atoms with van der Waals surface area (Å²) in [6.45, 7) is 4.29. The molecule has 1 amide bonds. The number of hydrogen-bond donors (Lipinski definition) is 2. The van der Waals surface area contributed by atoms with E-state index in [-0.39, 0.29) is 25.1 Å². The van der Waals surface area contributed by atoms with E-state index in [1.165, 1.54) is 6.92 Å². The number of aliphatic hydroxyl groups excluding tert-OH is 1. The number of nitrogens with one attached hydrogen (secondary N) is 1. The van der Waals surface area contributed by atoms with Gasteiger partial charge in [0, 0.05) is 31.3 Å². The second-order valence-corrected chi connectivity index (χ2v) is 4.50. The highest BCUT2D eigenvalue weighted by molar-refractivity contribution is 5.91. The molecule has 0 heterocycles. The first-order chi connectivity index (χ1) is 10.1. The van der Waals surface area contributed by atoms with Gasteiger partial charge in [0.1, 0.15) is 6.61 Å². The molecule has 0 aliphatic heterocycles. The SMILES string of the molecule is CCC(=O)Nc1cccc(N(CCO)CCOC(C)=O)c1. The van der Waals surface area contributed by atoms with Gasteiger partial charge in [0.15, 0.2) is 0 Å². The highest BCUT2D eigenvalue weighted by Crippen LogP contribution is 2.19. The van der Waals surface area contributed by atoms with E-state index in [0.717, 1.165) is 5.69 Å². The molecule has 0 bridgehead atoms. The molecule has 6 nitrogen and oxygen atoms in total. The van der Waals surface area contributed by atoms with Crippen molar-refractivity contribution in [3.63, 3.8) is 0 Å². The van der Waals surface area contributed by atoms with Gasteiger partial charge in [0.05, 0.1) is 13.2 Å². The Labute approximate surface area is 124 Å². The molecule has 0 aromatic heterocycles. The standard InChI is InChI=1S/C15H22N2O4/c1-3-15(20)16-13-5-4-6-14(11-13)17(7-9-18)8-10-21-12(2)19/h4-6,11,18H,3,7-10H2,1-2H3,(H,16,20). The van der Waals surface area contributed by atoms with Gasteiger partial charge in [-0.3, -0.25) is 9.59 Å². The van der Waals surface area contributed by atoms with Crippen molar-refractivity contribution >= 4 is 23.3 Å². The molecule has 116 valence electrons. The Kier molecular flexibility index (Phi) is 7.25. The van der Waals surface area contributed by atoms with Gasteiger partial charge in [-0.2, -0.15) is 0 Å².